The molecule has 0 heterocycles. The summed E-state index contributed by atoms with van der Waals surface area (Å²) in [6.45, 7) is -0.429. The van der Waals surface area contributed by atoms with E-state index >= 15 is 0 Å². The van der Waals surface area contributed by atoms with Gasteiger partial charge in [0.2, 0.25) is 0 Å². The van der Waals surface area contributed by atoms with E-state index in [1.165, 1.54) is 24.1 Å². The molecule has 0 aliphatic heterocycles. The van der Waals surface area contributed by atoms with Crippen molar-refractivity contribution >= 4 is 23.6 Å². The average Bonchev–Trinajstić information content (AvgIpc) is 2.16. The molecule has 0 unspecified atom stereocenters. The van der Waals surface area contributed by atoms with E-state index in [-0.39, 0.29) is 0 Å². The Labute approximate surface area is 91.4 Å². The van der Waals surface area contributed by atoms with E-state index in [2.05, 4.69) is 0 Å². The van der Waals surface area contributed by atoms with Crippen LogP contribution in [0.4, 0.5) is 14.5 Å². The highest BCUT2D eigenvalue weighted by molar-refractivity contribution is 6.31. The molecule has 0 bridgehead atoms. The van der Waals surface area contributed by atoms with Gasteiger partial charge in [0.15, 0.2) is 6.29 Å². The molecule has 0 N–H and O–H groups in total. The van der Waals surface area contributed by atoms with Gasteiger partial charge in [-0.2, -0.15) is 0 Å². The van der Waals surface area contributed by atoms with E-state index in [9.17, 15) is 13.6 Å². The largest absolute Gasteiger partial charge is 0.368 e. The first kappa shape index (κ1) is 11.9. The fraction of sp³-hybridized carbons (Fsp3) is 0.300. The van der Waals surface area contributed by atoms with Crippen LogP contribution in [0.5, 0.6) is 0 Å². The van der Waals surface area contributed by atoms with Gasteiger partial charge in [0.05, 0.1) is 6.54 Å². The lowest BCUT2D eigenvalue weighted by Gasteiger charge is -2.20. The second kappa shape index (κ2) is 5.07. The third-order valence-corrected chi connectivity index (χ3v) is 2.18. The molecular weight excluding hydrogens is 224 g/mol. The fourth-order valence-electron chi connectivity index (χ4n) is 1.25. The van der Waals surface area contributed by atoms with Crippen molar-refractivity contribution in [1.82, 2.24) is 0 Å². The summed E-state index contributed by atoms with van der Waals surface area (Å²) in [5.74, 6) is 0. The van der Waals surface area contributed by atoms with Gasteiger partial charge >= 0.3 is 0 Å². The number of alkyl halides is 2. The molecule has 15 heavy (non-hydrogen) atoms. The molecule has 0 saturated carbocycles. The number of aldehydes is 1. The molecule has 0 aliphatic carbocycles. The van der Waals surface area contributed by atoms with Crippen LogP contribution in [0.25, 0.3) is 0 Å². The molecule has 1 rings (SSSR count). The van der Waals surface area contributed by atoms with Gasteiger partial charge in [-0.05, 0) is 18.2 Å². The topological polar surface area (TPSA) is 20.3 Å². The number of hydrogen-bond acceptors (Lipinski definition) is 2. The van der Waals surface area contributed by atoms with Crippen LogP contribution in [0.2, 0.25) is 5.02 Å². The predicted octanol–water partition coefficient (Wildman–Crippen LogP) is 2.85. The zero-order valence-electron chi connectivity index (χ0n) is 8.08. The summed E-state index contributed by atoms with van der Waals surface area (Å²) >= 11 is 5.72. The maximum absolute atomic E-state index is 12.1. The zero-order chi connectivity index (χ0) is 11.4. The van der Waals surface area contributed by atoms with Crippen molar-refractivity contribution in [2.24, 2.45) is 0 Å². The second-order valence-corrected chi connectivity index (χ2v) is 3.53. The Kier molecular flexibility index (Phi) is 4.03. The van der Waals surface area contributed by atoms with Crippen LogP contribution < -0.4 is 4.90 Å². The van der Waals surface area contributed by atoms with Crippen LogP contribution in [0.1, 0.15) is 10.4 Å². The Balaban J connectivity index is 2.99. The Hall–Kier alpha value is -1.16. The molecular formula is C10H10ClF2NO. The summed E-state index contributed by atoms with van der Waals surface area (Å²) < 4.78 is 24.3. The molecule has 0 spiro atoms. The van der Waals surface area contributed by atoms with Crippen molar-refractivity contribution in [1.29, 1.82) is 0 Å². The van der Waals surface area contributed by atoms with E-state index in [1.54, 1.807) is 6.07 Å². The van der Waals surface area contributed by atoms with Gasteiger partial charge in [-0.15, -0.1) is 0 Å². The number of nitrogens with zero attached hydrogens (tertiary/aromatic N) is 1. The zero-order valence-corrected chi connectivity index (χ0v) is 8.84. The van der Waals surface area contributed by atoms with Crippen molar-refractivity contribution in [3.8, 4) is 0 Å². The van der Waals surface area contributed by atoms with Crippen molar-refractivity contribution in [2.75, 3.05) is 18.5 Å². The summed E-state index contributed by atoms with van der Waals surface area (Å²) in [6, 6.07) is 4.55. The van der Waals surface area contributed by atoms with Crippen LogP contribution in [-0.2, 0) is 0 Å². The number of carbonyl (C=O) groups excluding carboxylic acids is 1. The summed E-state index contributed by atoms with van der Waals surface area (Å²) in [6.07, 6.45) is -1.83. The molecule has 1 aromatic carbocycles. The van der Waals surface area contributed by atoms with E-state index in [4.69, 9.17) is 11.6 Å². The van der Waals surface area contributed by atoms with Crippen LogP contribution >= 0.6 is 11.6 Å². The molecule has 5 heteroatoms. The van der Waals surface area contributed by atoms with Gasteiger partial charge in [-0.25, -0.2) is 8.78 Å². The minimum atomic E-state index is -2.45. The normalized spacial score (nSPS) is 10.5. The maximum atomic E-state index is 12.1. The van der Waals surface area contributed by atoms with Gasteiger partial charge in [0.1, 0.15) is 0 Å². The highest BCUT2D eigenvalue weighted by atomic mass is 35.5. The van der Waals surface area contributed by atoms with Gasteiger partial charge in [0, 0.05) is 23.3 Å². The minimum Gasteiger partial charge on any atom is -0.368 e. The van der Waals surface area contributed by atoms with E-state index in [0.717, 1.165) is 0 Å². The van der Waals surface area contributed by atoms with Crippen molar-refractivity contribution in [2.45, 2.75) is 6.43 Å². The molecule has 1 aromatic rings. The molecule has 0 radical (unpaired) electrons. The molecule has 0 atom stereocenters. The van der Waals surface area contributed by atoms with E-state index < -0.39 is 13.0 Å². The molecule has 0 fully saturated rings. The average molecular weight is 234 g/mol. The monoisotopic (exact) mass is 233 g/mol. The summed E-state index contributed by atoms with van der Waals surface area (Å²) in [7, 11) is 1.49. The van der Waals surface area contributed by atoms with E-state index in [1.807, 2.05) is 0 Å². The van der Waals surface area contributed by atoms with Crippen molar-refractivity contribution in [3.63, 3.8) is 0 Å². The van der Waals surface area contributed by atoms with Gasteiger partial charge in [0.25, 0.3) is 6.43 Å². The molecule has 82 valence electrons. The number of benzene rings is 1. The summed E-state index contributed by atoms with van der Waals surface area (Å²) in [4.78, 5) is 12.0. The Morgan fingerprint density at radius 3 is 2.73 bits per heavy atom. The number of rotatable bonds is 4. The van der Waals surface area contributed by atoms with E-state index in [0.29, 0.717) is 22.6 Å². The quantitative estimate of drug-likeness (QED) is 0.746. The third kappa shape index (κ3) is 3.16. The predicted molar refractivity (Wildman–Crippen MR) is 56.1 cm³/mol. The Morgan fingerprint density at radius 2 is 2.20 bits per heavy atom. The number of anilines is 1. The standard InChI is InChI=1S/C10H10ClF2NO/c1-14(5-10(12)13)9-4-8(11)3-2-7(9)6-15/h2-4,6,10H,5H2,1H3. The molecule has 0 amide bonds. The number of hydrogen-bond donors (Lipinski definition) is 0. The lowest BCUT2D eigenvalue weighted by molar-refractivity contribution is 0.112. The van der Waals surface area contributed by atoms with Crippen LogP contribution in [-0.4, -0.2) is 26.3 Å². The molecule has 0 aromatic heterocycles. The minimum absolute atomic E-state index is 0.350. The lowest BCUT2D eigenvalue weighted by Crippen LogP contribution is -2.25. The van der Waals surface area contributed by atoms with Crippen LogP contribution in [0.3, 0.4) is 0 Å². The van der Waals surface area contributed by atoms with Crippen LogP contribution in [0, 0.1) is 0 Å². The van der Waals surface area contributed by atoms with Crippen molar-refractivity contribution < 1.29 is 13.6 Å². The smallest absolute Gasteiger partial charge is 0.255 e. The first-order valence-corrected chi connectivity index (χ1v) is 4.66. The van der Waals surface area contributed by atoms with Gasteiger partial charge < -0.3 is 4.90 Å². The molecule has 0 saturated heterocycles. The van der Waals surface area contributed by atoms with Crippen LogP contribution in [0.15, 0.2) is 18.2 Å². The summed E-state index contributed by atoms with van der Waals surface area (Å²) in [5.41, 5.74) is 0.764. The first-order chi connectivity index (χ1) is 7.04. The fourth-order valence-corrected chi connectivity index (χ4v) is 1.42. The number of carbonyl (C=O) groups is 1. The Bertz CT molecular complexity index is 357. The lowest BCUT2D eigenvalue weighted by atomic mass is 10.2. The highest BCUT2D eigenvalue weighted by Gasteiger charge is 2.12. The SMILES string of the molecule is CN(CC(F)F)c1cc(Cl)ccc1C=O. The highest BCUT2D eigenvalue weighted by Crippen LogP contribution is 2.23. The second-order valence-electron chi connectivity index (χ2n) is 3.09. The maximum Gasteiger partial charge on any atom is 0.255 e. The molecule has 2 nitrogen and oxygen atoms in total. The van der Waals surface area contributed by atoms with Crippen molar-refractivity contribution in [3.05, 3.63) is 28.8 Å². The Morgan fingerprint density at radius 1 is 1.53 bits per heavy atom. The third-order valence-electron chi connectivity index (χ3n) is 1.94. The first-order valence-electron chi connectivity index (χ1n) is 4.28. The van der Waals surface area contributed by atoms with Gasteiger partial charge in [-0.3, -0.25) is 4.79 Å². The van der Waals surface area contributed by atoms with Gasteiger partial charge in [-0.1, -0.05) is 11.6 Å². The summed E-state index contributed by atoms with van der Waals surface area (Å²) in [5, 5.41) is 0.414. The molecule has 0 aliphatic rings. The number of halogens is 3.